The van der Waals surface area contributed by atoms with E-state index in [9.17, 15) is 5.11 Å². The normalized spacial score (nSPS) is 25.1. The molecular weight excluding hydrogens is 282 g/mol. The molecule has 1 aromatic carbocycles. The van der Waals surface area contributed by atoms with Crippen LogP contribution in [0.3, 0.4) is 0 Å². The standard InChI is InChI=1S/C21H35NO/c1-3-4-5-6-7-8-12-15-19-17-21(23)20(22(19)2)16-18-13-10-9-11-14-18/h9-11,13-14,19-21,23H,3-8,12,15-17H2,1-2H3. The van der Waals surface area contributed by atoms with Crippen molar-refractivity contribution in [1.82, 2.24) is 4.90 Å². The van der Waals surface area contributed by atoms with Crippen LogP contribution >= 0.6 is 0 Å². The number of benzene rings is 1. The van der Waals surface area contributed by atoms with Crippen molar-refractivity contribution >= 4 is 0 Å². The Labute approximate surface area is 142 Å². The van der Waals surface area contributed by atoms with E-state index < -0.39 is 0 Å². The van der Waals surface area contributed by atoms with Gasteiger partial charge in [0.25, 0.3) is 0 Å². The molecule has 0 radical (unpaired) electrons. The Morgan fingerprint density at radius 2 is 1.65 bits per heavy atom. The molecule has 130 valence electrons. The van der Waals surface area contributed by atoms with E-state index in [1.165, 1.54) is 56.9 Å². The third-order valence-corrected chi connectivity index (χ3v) is 5.49. The molecule has 1 aliphatic heterocycles. The highest BCUT2D eigenvalue weighted by Crippen LogP contribution is 2.29. The third kappa shape index (κ3) is 5.93. The predicted molar refractivity (Wildman–Crippen MR) is 98.7 cm³/mol. The summed E-state index contributed by atoms with van der Waals surface area (Å²) < 4.78 is 0. The first kappa shape index (κ1) is 18.5. The molecule has 1 saturated heterocycles. The molecule has 2 nitrogen and oxygen atoms in total. The van der Waals surface area contributed by atoms with E-state index in [-0.39, 0.29) is 12.1 Å². The van der Waals surface area contributed by atoms with Gasteiger partial charge in [0.2, 0.25) is 0 Å². The summed E-state index contributed by atoms with van der Waals surface area (Å²) in [7, 11) is 2.20. The van der Waals surface area contributed by atoms with Crippen LogP contribution in [-0.2, 0) is 6.42 Å². The van der Waals surface area contributed by atoms with Crippen molar-refractivity contribution in [3.05, 3.63) is 35.9 Å². The summed E-state index contributed by atoms with van der Waals surface area (Å²) >= 11 is 0. The minimum absolute atomic E-state index is 0.172. The molecule has 0 aromatic heterocycles. The second-order valence-electron chi connectivity index (χ2n) is 7.29. The maximum atomic E-state index is 10.4. The van der Waals surface area contributed by atoms with Gasteiger partial charge in [0.15, 0.2) is 0 Å². The molecule has 0 saturated carbocycles. The smallest absolute Gasteiger partial charge is 0.0713 e. The highest BCUT2D eigenvalue weighted by molar-refractivity contribution is 5.17. The molecule has 3 atom stereocenters. The van der Waals surface area contributed by atoms with E-state index in [0.717, 1.165) is 12.8 Å². The lowest BCUT2D eigenvalue weighted by atomic mass is 10.0. The Hall–Kier alpha value is -0.860. The first-order chi connectivity index (χ1) is 11.2. The maximum Gasteiger partial charge on any atom is 0.0713 e. The van der Waals surface area contributed by atoms with Crippen molar-refractivity contribution in [3.8, 4) is 0 Å². The average Bonchev–Trinajstić information content (AvgIpc) is 2.83. The van der Waals surface area contributed by atoms with Crippen LogP contribution in [0.2, 0.25) is 0 Å². The Kier molecular flexibility index (Phi) is 8.11. The average molecular weight is 318 g/mol. The summed E-state index contributed by atoms with van der Waals surface area (Å²) in [5, 5.41) is 10.4. The van der Waals surface area contributed by atoms with Gasteiger partial charge in [0, 0.05) is 12.1 Å². The minimum atomic E-state index is -0.172. The molecule has 0 aliphatic carbocycles. The number of aliphatic hydroxyl groups excluding tert-OH is 1. The molecule has 0 amide bonds. The monoisotopic (exact) mass is 317 g/mol. The van der Waals surface area contributed by atoms with Crippen molar-refractivity contribution in [2.75, 3.05) is 7.05 Å². The van der Waals surface area contributed by atoms with E-state index >= 15 is 0 Å². The first-order valence-electron chi connectivity index (χ1n) is 9.66. The van der Waals surface area contributed by atoms with Crippen LogP contribution in [-0.4, -0.2) is 35.2 Å². The molecule has 1 fully saturated rings. The summed E-state index contributed by atoms with van der Waals surface area (Å²) in [6.45, 7) is 2.27. The largest absolute Gasteiger partial charge is 0.391 e. The Morgan fingerprint density at radius 1 is 1.00 bits per heavy atom. The molecule has 3 unspecified atom stereocenters. The lowest BCUT2D eigenvalue weighted by Crippen LogP contribution is -2.37. The summed E-state index contributed by atoms with van der Waals surface area (Å²) in [4.78, 5) is 2.44. The fraction of sp³-hybridized carbons (Fsp3) is 0.714. The van der Waals surface area contributed by atoms with Crippen LogP contribution in [0.25, 0.3) is 0 Å². The van der Waals surface area contributed by atoms with E-state index in [1.54, 1.807) is 0 Å². The molecule has 1 aliphatic rings. The number of rotatable bonds is 10. The number of hydrogen-bond acceptors (Lipinski definition) is 2. The number of nitrogens with zero attached hydrogens (tertiary/aromatic N) is 1. The van der Waals surface area contributed by atoms with Gasteiger partial charge in [-0.25, -0.2) is 0 Å². The van der Waals surface area contributed by atoms with Crippen molar-refractivity contribution in [3.63, 3.8) is 0 Å². The first-order valence-corrected chi connectivity index (χ1v) is 9.66. The maximum absolute atomic E-state index is 10.4. The number of likely N-dealkylation sites (tertiary alicyclic amines) is 1. The van der Waals surface area contributed by atoms with Crippen LogP contribution < -0.4 is 0 Å². The quantitative estimate of drug-likeness (QED) is 0.626. The zero-order chi connectivity index (χ0) is 16.5. The second-order valence-corrected chi connectivity index (χ2v) is 7.29. The molecule has 1 N–H and O–H groups in total. The van der Waals surface area contributed by atoms with Crippen molar-refractivity contribution in [1.29, 1.82) is 0 Å². The van der Waals surface area contributed by atoms with Crippen LogP contribution in [0, 0.1) is 0 Å². The summed E-state index contributed by atoms with van der Waals surface area (Å²) in [6.07, 6.45) is 12.5. The van der Waals surface area contributed by atoms with Gasteiger partial charge >= 0.3 is 0 Å². The number of hydrogen-bond donors (Lipinski definition) is 1. The van der Waals surface area contributed by atoms with Crippen LogP contribution in [0.1, 0.15) is 70.3 Å². The van der Waals surface area contributed by atoms with Crippen LogP contribution in [0.15, 0.2) is 30.3 Å². The summed E-state index contributed by atoms with van der Waals surface area (Å²) in [6, 6.07) is 11.4. The zero-order valence-corrected chi connectivity index (χ0v) is 15.1. The molecule has 1 aromatic rings. The van der Waals surface area contributed by atoms with Gasteiger partial charge in [-0.3, -0.25) is 4.90 Å². The summed E-state index contributed by atoms with van der Waals surface area (Å²) in [5.74, 6) is 0. The Bertz CT molecular complexity index is 419. The lowest BCUT2D eigenvalue weighted by Gasteiger charge is -2.26. The van der Waals surface area contributed by atoms with Gasteiger partial charge < -0.3 is 5.11 Å². The fourth-order valence-electron chi connectivity index (χ4n) is 3.94. The molecule has 0 bridgehead atoms. The Morgan fingerprint density at radius 3 is 2.35 bits per heavy atom. The van der Waals surface area contributed by atoms with Gasteiger partial charge in [-0.05, 0) is 31.9 Å². The van der Waals surface area contributed by atoms with E-state index in [2.05, 4.69) is 49.2 Å². The highest BCUT2D eigenvalue weighted by atomic mass is 16.3. The highest BCUT2D eigenvalue weighted by Gasteiger charge is 2.37. The van der Waals surface area contributed by atoms with E-state index in [0.29, 0.717) is 6.04 Å². The molecule has 23 heavy (non-hydrogen) atoms. The second kappa shape index (κ2) is 10.1. The fourth-order valence-corrected chi connectivity index (χ4v) is 3.94. The number of aliphatic hydroxyl groups is 1. The van der Waals surface area contributed by atoms with Gasteiger partial charge in [-0.1, -0.05) is 82.2 Å². The van der Waals surface area contributed by atoms with Crippen LogP contribution in [0.5, 0.6) is 0 Å². The Balaban J connectivity index is 1.69. The predicted octanol–water partition coefficient (Wildman–Crippen LogP) is 4.80. The van der Waals surface area contributed by atoms with E-state index in [4.69, 9.17) is 0 Å². The topological polar surface area (TPSA) is 23.5 Å². The zero-order valence-electron chi connectivity index (χ0n) is 15.1. The summed E-state index contributed by atoms with van der Waals surface area (Å²) in [5.41, 5.74) is 1.33. The van der Waals surface area contributed by atoms with E-state index in [1.807, 2.05) is 0 Å². The van der Waals surface area contributed by atoms with Crippen molar-refractivity contribution in [2.24, 2.45) is 0 Å². The number of likely N-dealkylation sites (N-methyl/N-ethyl adjacent to an activating group) is 1. The van der Waals surface area contributed by atoms with Gasteiger partial charge in [0.1, 0.15) is 0 Å². The third-order valence-electron chi connectivity index (χ3n) is 5.49. The van der Waals surface area contributed by atoms with Crippen LogP contribution in [0.4, 0.5) is 0 Å². The van der Waals surface area contributed by atoms with Crippen molar-refractivity contribution in [2.45, 2.75) is 89.3 Å². The molecule has 2 rings (SSSR count). The number of unbranched alkanes of at least 4 members (excludes halogenated alkanes) is 6. The molecule has 0 spiro atoms. The minimum Gasteiger partial charge on any atom is -0.391 e. The lowest BCUT2D eigenvalue weighted by molar-refractivity contribution is 0.123. The molecular formula is C21H35NO. The molecule has 2 heteroatoms. The van der Waals surface area contributed by atoms with Gasteiger partial charge in [-0.2, -0.15) is 0 Å². The van der Waals surface area contributed by atoms with Crippen molar-refractivity contribution < 1.29 is 5.11 Å². The molecule has 1 heterocycles. The van der Waals surface area contributed by atoms with Gasteiger partial charge in [-0.15, -0.1) is 0 Å². The SMILES string of the molecule is CCCCCCCCCC1CC(O)C(Cc2ccccc2)N1C. The van der Waals surface area contributed by atoms with Gasteiger partial charge in [0.05, 0.1) is 6.10 Å².